The maximum Gasteiger partial charge on any atom is 0.407 e. The average molecular weight is 453 g/mol. The molecular weight excluding hydrogens is 428 g/mol. The number of carbonyl (C=O) groups is 1. The number of alkyl carbamates (subject to hydrolysis) is 1. The molecule has 0 bridgehead atoms. The van der Waals surface area contributed by atoms with E-state index in [2.05, 4.69) is 30.5 Å². The van der Waals surface area contributed by atoms with E-state index in [9.17, 15) is 4.79 Å². The minimum absolute atomic E-state index is 0.156. The van der Waals surface area contributed by atoms with Gasteiger partial charge in [-0.2, -0.15) is 0 Å². The Labute approximate surface area is 191 Å². The molecule has 2 fully saturated rings. The zero-order chi connectivity index (χ0) is 21.9. The fourth-order valence-electron chi connectivity index (χ4n) is 3.90. The van der Waals surface area contributed by atoms with Gasteiger partial charge in [0, 0.05) is 36.5 Å². The second kappa shape index (κ2) is 9.16. The monoisotopic (exact) mass is 452 g/mol. The number of pyridine rings is 1. The molecule has 1 aliphatic heterocycles. The molecule has 1 unspecified atom stereocenters. The highest BCUT2D eigenvalue weighted by Crippen LogP contribution is 2.27. The molecule has 166 valence electrons. The van der Waals surface area contributed by atoms with Crippen LogP contribution in [0.25, 0.3) is 10.9 Å². The number of nitrogens with one attached hydrogen (secondary N) is 2. The van der Waals surface area contributed by atoms with Crippen molar-refractivity contribution in [3.8, 4) is 0 Å². The van der Waals surface area contributed by atoms with Crippen molar-refractivity contribution in [1.82, 2.24) is 20.3 Å². The Morgan fingerprint density at radius 1 is 1.19 bits per heavy atom. The number of hydrogen-bond acceptors (Lipinski definition) is 7. The number of nitrogens with zero attached hydrogens (tertiary/aromatic N) is 4. The molecule has 1 saturated heterocycles. The first-order valence-corrected chi connectivity index (χ1v) is 11.3. The van der Waals surface area contributed by atoms with E-state index < -0.39 is 0 Å². The molecule has 8 nitrogen and oxygen atoms in total. The van der Waals surface area contributed by atoms with Crippen molar-refractivity contribution in [2.45, 2.75) is 44.4 Å². The van der Waals surface area contributed by atoms with E-state index in [1.54, 1.807) is 12.4 Å². The summed E-state index contributed by atoms with van der Waals surface area (Å²) in [6.45, 7) is 2.00. The third-order valence-electron chi connectivity index (χ3n) is 5.73. The van der Waals surface area contributed by atoms with Crippen LogP contribution in [0.4, 0.5) is 16.6 Å². The van der Waals surface area contributed by atoms with Crippen LogP contribution in [0.15, 0.2) is 42.7 Å². The van der Waals surface area contributed by atoms with E-state index in [1.165, 1.54) is 0 Å². The minimum atomic E-state index is -0.317. The van der Waals surface area contributed by atoms with Crippen LogP contribution in [-0.4, -0.2) is 46.3 Å². The Kier molecular flexibility index (Phi) is 5.94. The van der Waals surface area contributed by atoms with E-state index in [4.69, 9.17) is 16.3 Å². The highest BCUT2D eigenvalue weighted by molar-refractivity contribution is 6.31. The molecule has 0 spiro atoms. The van der Waals surface area contributed by atoms with Gasteiger partial charge in [0.05, 0.1) is 17.4 Å². The Morgan fingerprint density at radius 3 is 2.91 bits per heavy atom. The largest absolute Gasteiger partial charge is 0.444 e. The molecule has 2 aliphatic rings. The first kappa shape index (κ1) is 20.8. The maximum absolute atomic E-state index is 12.0. The fraction of sp³-hybridized carbons (Fsp3) is 0.391. The van der Waals surface area contributed by atoms with Gasteiger partial charge in [0.2, 0.25) is 5.95 Å². The first-order chi connectivity index (χ1) is 15.7. The van der Waals surface area contributed by atoms with Crippen LogP contribution in [0.3, 0.4) is 0 Å². The fourth-order valence-corrected chi connectivity index (χ4v) is 4.10. The number of piperidine rings is 1. The highest BCUT2D eigenvalue weighted by Gasteiger charge is 2.28. The summed E-state index contributed by atoms with van der Waals surface area (Å²) in [7, 11) is 0. The zero-order valence-electron chi connectivity index (χ0n) is 17.6. The Bertz CT molecular complexity index is 1120. The van der Waals surface area contributed by atoms with Gasteiger partial charge in [0.25, 0.3) is 0 Å². The van der Waals surface area contributed by atoms with Gasteiger partial charge in [-0.1, -0.05) is 29.8 Å². The summed E-state index contributed by atoms with van der Waals surface area (Å²) in [5.74, 6) is 1.35. The van der Waals surface area contributed by atoms with Crippen molar-refractivity contribution in [3.63, 3.8) is 0 Å². The van der Waals surface area contributed by atoms with Crippen LogP contribution in [0.5, 0.6) is 0 Å². The van der Waals surface area contributed by atoms with Crippen molar-refractivity contribution in [3.05, 3.63) is 53.3 Å². The standard InChI is InChI=1S/C23H25ClN6O2/c24-19-6-2-1-4-15(19)12-26-22-27-13-18-20(29-22)9-10-25-21(18)30-11-3-5-17(14-30)32-23(31)28-16-7-8-16/h1-2,4,6,9-10,13,16-17H,3,5,7-8,11-12,14H2,(H,28,31)(H,26,27,29). The average Bonchev–Trinajstić information content (AvgIpc) is 3.62. The number of rotatable bonds is 6. The summed E-state index contributed by atoms with van der Waals surface area (Å²) in [6.07, 6.45) is 6.95. The third-order valence-corrected chi connectivity index (χ3v) is 6.10. The quantitative estimate of drug-likeness (QED) is 0.580. The predicted molar refractivity (Wildman–Crippen MR) is 124 cm³/mol. The summed E-state index contributed by atoms with van der Waals surface area (Å²) in [6, 6.07) is 9.86. The lowest BCUT2D eigenvalue weighted by atomic mass is 10.1. The van der Waals surface area contributed by atoms with Crippen LogP contribution in [0, 0.1) is 0 Å². The van der Waals surface area contributed by atoms with Gasteiger partial charge in [-0.05, 0) is 43.4 Å². The molecule has 3 aromatic rings. The second-order valence-corrected chi connectivity index (χ2v) is 8.65. The predicted octanol–water partition coefficient (Wildman–Crippen LogP) is 4.15. The van der Waals surface area contributed by atoms with Crippen LogP contribution in [0.1, 0.15) is 31.2 Å². The lowest BCUT2D eigenvalue weighted by Crippen LogP contribution is -2.43. The molecule has 9 heteroatoms. The van der Waals surface area contributed by atoms with Crippen LogP contribution >= 0.6 is 11.6 Å². The zero-order valence-corrected chi connectivity index (χ0v) is 18.4. The molecule has 1 aromatic carbocycles. The number of fused-ring (bicyclic) bond motifs is 1. The number of aromatic nitrogens is 3. The van der Waals surface area contributed by atoms with Gasteiger partial charge < -0.3 is 20.3 Å². The molecule has 1 amide bonds. The third kappa shape index (κ3) is 4.85. The smallest absolute Gasteiger partial charge is 0.407 e. The molecule has 0 radical (unpaired) electrons. The molecule has 1 atom stereocenters. The van der Waals surface area contributed by atoms with Crippen molar-refractivity contribution in [2.75, 3.05) is 23.3 Å². The van der Waals surface area contributed by atoms with Gasteiger partial charge in [-0.3, -0.25) is 0 Å². The summed E-state index contributed by atoms with van der Waals surface area (Å²) >= 11 is 6.23. The SMILES string of the molecule is O=C(NC1CC1)OC1CCCN(c2nccc3nc(NCc4ccccc4Cl)ncc23)C1. The van der Waals surface area contributed by atoms with E-state index >= 15 is 0 Å². The molecule has 2 aromatic heterocycles. The van der Waals surface area contributed by atoms with Gasteiger partial charge in [0.1, 0.15) is 11.9 Å². The van der Waals surface area contributed by atoms with Gasteiger partial charge in [0.15, 0.2) is 0 Å². The van der Waals surface area contributed by atoms with Crippen LogP contribution in [-0.2, 0) is 11.3 Å². The van der Waals surface area contributed by atoms with E-state index in [1.807, 2.05) is 30.3 Å². The summed E-state index contributed by atoms with van der Waals surface area (Å²) in [5, 5.41) is 7.71. The highest BCUT2D eigenvalue weighted by atomic mass is 35.5. The van der Waals surface area contributed by atoms with Gasteiger partial charge >= 0.3 is 6.09 Å². The van der Waals surface area contributed by atoms with Crippen molar-refractivity contribution in [2.24, 2.45) is 0 Å². The number of ether oxygens (including phenoxy) is 1. The molecule has 5 rings (SSSR count). The number of carbonyl (C=O) groups excluding carboxylic acids is 1. The molecule has 3 heterocycles. The van der Waals surface area contributed by atoms with Crippen LogP contribution in [0.2, 0.25) is 5.02 Å². The van der Waals surface area contributed by atoms with E-state index in [-0.39, 0.29) is 12.2 Å². The van der Waals surface area contributed by atoms with Gasteiger partial charge in [-0.25, -0.2) is 19.7 Å². The van der Waals surface area contributed by atoms with E-state index in [0.29, 0.717) is 30.1 Å². The number of anilines is 2. The molecule has 1 saturated carbocycles. The Morgan fingerprint density at radius 2 is 2.06 bits per heavy atom. The molecule has 32 heavy (non-hydrogen) atoms. The summed E-state index contributed by atoms with van der Waals surface area (Å²) in [5.41, 5.74) is 1.79. The number of hydrogen-bond donors (Lipinski definition) is 2. The number of halogens is 1. The van der Waals surface area contributed by atoms with Gasteiger partial charge in [-0.15, -0.1) is 0 Å². The molecular formula is C23H25ClN6O2. The molecule has 2 N–H and O–H groups in total. The summed E-state index contributed by atoms with van der Waals surface area (Å²) < 4.78 is 5.64. The normalized spacial score (nSPS) is 18.4. The topological polar surface area (TPSA) is 92.3 Å². The van der Waals surface area contributed by atoms with Crippen LogP contribution < -0.4 is 15.5 Å². The van der Waals surface area contributed by atoms with Crippen molar-refractivity contribution in [1.29, 1.82) is 0 Å². The number of benzene rings is 1. The lowest BCUT2D eigenvalue weighted by Gasteiger charge is -2.33. The lowest BCUT2D eigenvalue weighted by molar-refractivity contribution is 0.0879. The van der Waals surface area contributed by atoms with Crippen molar-refractivity contribution >= 4 is 40.4 Å². The minimum Gasteiger partial charge on any atom is -0.444 e. The molecule has 1 aliphatic carbocycles. The maximum atomic E-state index is 12.0. The summed E-state index contributed by atoms with van der Waals surface area (Å²) in [4.78, 5) is 27.9. The van der Waals surface area contributed by atoms with E-state index in [0.717, 1.165) is 54.5 Å². The van der Waals surface area contributed by atoms with Crippen molar-refractivity contribution < 1.29 is 9.53 Å². The second-order valence-electron chi connectivity index (χ2n) is 8.24. The Hall–Kier alpha value is -3.13. The first-order valence-electron chi connectivity index (χ1n) is 11.0. The Balaban J connectivity index is 1.28. The number of amides is 1.